The molecule has 0 bridgehead atoms. The van der Waals surface area contributed by atoms with Crippen molar-refractivity contribution in [3.8, 4) is 44.5 Å². The number of hydrogen-bond acceptors (Lipinski definition) is 1. The van der Waals surface area contributed by atoms with Gasteiger partial charge in [0.1, 0.15) is 0 Å². The molecule has 9 aromatic rings. The van der Waals surface area contributed by atoms with E-state index in [4.69, 9.17) is 0 Å². The summed E-state index contributed by atoms with van der Waals surface area (Å²) in [5, 5.41) is 5.10. The minimum absolute atomic E-state index is 0.0483. The van der Waals surface area contributed by atoms with E-state index < -0.39 is 0 Å². The Labute approximate surface area is 317 Å². The monoisotopic (exact) mass is 689 g/mol. The maximum Gasteiger partial charge on any atom is 0.0468 e. The van der Waals surface area contributed by atoms with E-state index in [0.29, 0.717) is 0 Å². The largest absolute Gasteiger partial charge is 0.310 e. The van der Waals surface area contributed by atoms with Gasteiger partial charge in [0.05, 0.1) is 0 Å². The molecule has 256 valence electrons. The summed E-state index contributed by atoms with van der Waals surface area (Å²) < 4.78 is 0. The van der Waals surface area contributed by atoms with Crippen molar-refractivity contribution in [2.45, 2.75) is 19.3 Å². The van der Waals surface area contributed by atoms with Gasteiger partial charge in [-0.2, -0.15) is 0 Å². The van der Waals surface area contributed by atoms with Gasteiger partial charge in [0.25, 0.3) is 0 Å². The normalized spacial score (nSPS) is 12.8. The van der Waals surface area contributed by atoms with E-state index in [1.165, 1.54) is 77.2 Å². The van der Waals surface area contributed by atoms with Gasteiger partial charge in [-0.1, -0.05) is 172 Å². The van der Waals surface area contributed by atoms with E-state index in [2.05, 4.69) is 219 Å². The van der Waals surface area contributed by atoms with Crippen LogP contribution in [-0.4, -0.2) is 0 Å². The highest BCUT2D eigenvalue weighted by Crippen LogP contribution is 2.51. The van der Waals surface area contributed by atoms with Crippen LogP contribution in [0.3, 0.4) is 0 Å². The number of fused-ring (bicyclic) bond motifs is 6. The molecular formula is C53H39N. The zero-order chi connectivity index (χ0) is 36.2. The molecule has 0 unspecified atom stereocenters. The molecule has 0 saturated heterocycles. The summed E-state index contributed by atoms with van der Waals surface area (Å²) in [7, 11) is 0. The van der Waals surface area contributed by atoms with Crippen LogP contribution in [-0.2, 0) is 5.41 Å². The molecule has 0 aromatic heterocycles. The molecule has 0 saturated carbocycles. The lowest BCUT2D eigenvalue weighted by Gasteiger charge is -2.27. The summed E-state index contributed by atoms with van der Waals surface area (Å²) in [6, 6.07) is 73.3. The molecular weight excluding hydrogens is 651 g/mol. The van der Waals surface area contributed by atoms with Crippen molar-refractivity contribution in [2.24, 2.45) is 0 Å². The first-order chi connectivity index (χ1) is 26.5. The van der Waals surface area contributed by atoms with Crippen LogP contribution < -0.4 is 4.90 Å². The van der Waals surface area contributed by atoms with E-state index >= 15 is 0 Å². The van der Waals surface area contributed by atoms with Crippen molar-refractivity contribution in [3.05, 3.63) is 211 Å². The third-order valence-electron chi connectivity index (χ3n) is 11.5. The molecule has 9 aromatic carbocycles. The van der Waals surface area contributed by atoms with Gasteiger partial charge in [-0.15, -0.1) is 0 Å². The van der Waals surface area contributed by atoms with Crippen molar-refractivity contribution in [1.82, 2.24) is 0 Å². The number of nitrogens with zero attached hydrogens (tertiary/aromatic N) is 1. The van der Waals surface area contributed by atoms with Crippen LogP contribution >= 0.6 is 0 Å². The van der Waals surface area contributed by atoms with Crippen molar-refractivity contribution >= 4 is 38.6 Å². The lowest BCUT2D eigenvalue weighted by Crippen LogP contribution is -2.15. The maximum absolute atomic E-state index is 2.41. The van der Waals surface area contributed by atoms with Crippen LogP contribution in [0.5, 0.6) is 0 Å². The SMILES string of the molecule is CC1(C)c2ccccc2-c2cc(N(c3ccc(-c4ccccc4-c4ccccc4)cc3)c3ccc(-c4cc5ccccc5c5ccccc45)cc3)ccc21. The Morgan fingerprint density at radius 1 is 0.315 bits per heavy atom. The Morgan fingerprint density at radius 3 is 1.48 bits per heavy atom. The molecule has 0 N–H and O–H groups in total. The molecule has 0 radical (unpaired) electrons. The van der Waals surface area contributed by atoms with Crippen LogP contribution in [0.2, 0.25) is 0 Å². The third-order valence-corrected chi connectivity index (χ3v) is 11.5. The number of rotatable bonds is 6. The molecule has 10 rings (SSSR count). The Balaban J connectivity index is 1.10. The predicted molar refractivity (Wildman–Crippen MR) is 230 cm³/mol. The maximum atomic E-state index is 2.41. The van der Waals surface area contributed by atoms with Crippen LogP contribution in [0.1, 0.15) is 25.0 Å². The number of benzene rings is 9. The van der Waals surface area contributed by atoms with Crippen molar-refractivity contribution in [1.29, 1.82) is 0 Å². The molecule has 0 atom stereocenters. The molecule has 0 heterocycles. The second kappa shape index (κ2) is 12.8. The summed E-state index contributed by atoms with van der Waals surface area (Å²) in [5.74, 6) is 0. The van der Waals surface area contributed by atoms with E-state index in [1.54, 1.807) is 0 Å². The molecule has 0 amide bonds. The van der Waals surface area contributed by atoms with Gasteiger partial charge in [-0.05, 0) is 120 Å². The van der Waals surface area contributed by atoms with Gasteiger partial charge in [0.2, 0.25) is 0 Å². The Kier molecular flexibility index (Phi) is 7.56. The summed E-state index contributed by atoms with van der Waals surface area (Å²) in [4.78, 5) is 2.41. The number of anilines is 3. The van der Waals surface area contributed by atoms with Crippen LogP contribution in [0.25, 0.3) is 66.1 Å². The molecule has 1 aliphatic rings. The average Bonchev–Trinajstić information content (AvgIpc) is 3.47. The fourth-order valence-electron chi connectivity index (χ4n) is 8.77. The average molecular weight is 690 g/mol. The highest BCUT2D eigenvalue weighted by molar-refractivity contribution is 6.13. The van der Waals surface area contributed by atoms with Crippen molar-refractivity contribution in [3.63, 3.8) is 0 Å². The fraction of sp³-hybridized carbons (Fsp3) is 0.0566. The molecule has 0 aliphatic heterocycles. The van der Waals surface area contributed by atoms with E-state index in [-0.39, 0.29) is 5.41 Å². The molecule has 1 aliphatic carbocycles. The highest BCUT2D eigenvalue weighted by atomic mass is 15.1. The summed E-state index contributed by atoms with van der Waals surface area (Å²) in [5.41, 5.74) is 16.1. The van der Waals surface area contributed by atoms with E-state index in [9.17, 15) is 0 Å². The summed E-state index contributed by atoms with van der Waals surface area (Å²) in [6.45, 7) is 4.69. The number of hydrogen-bond donors (Lipinski definition) is 0. The molecule has 54 heavy (non-hydrogen) atoms. The Morgan fingerprint density at radius 2 is 0.796 bits per heavy atom. The minimum Gasteiger partial charge on any atom is -0.310 e. The lowest BCUT2D eigenvalue weighted by molar-refractivity contribution is 0.660. The van der Waals surface area contributed by atoms with Crippen LogP contribution in [0, 0.1) is 0 Å². The zero-order valence-electron chi connectivity index (χ0n) is 30.5. The quantitative estimate of drug-likeness (QED) is 0.157. The third kappa shape index (κ3) is 5.24. The molecule has 0 spiro atoms. The second-order valence-electron chi connectivity index (χ2n) is 14.9. The highest BCUT2D eigenvalue weighted by Gasteiger charge is 2.35. The van der Waals surface area contributed by atoms with Gasteiger partial charge in [0, 0.05) is 22.5 Å². The van der Waals surface area contributed by atoms with Gasteiger partial charge in [0.15, 0.2) is 0 Å². The standard InChI is InChI=1S/C53H39N/c1-53(2)51-23-13-12-22-48(51)50-35-42(32-33-52(50)53)54(40-28-24-37(25-29-40)44-18-9-8-17-43(44)36-14-4-3-5-15-36)41-30-26-38(27-31-41)49-34-39-16-6-7-19-45(39)46-20-10-11-21-47(46)49/h3-35H,1-2H3. The first-order valence-corrected chi connectivity index (χ1v) is 18.8. The Bertz CT molecular complexity index is 2830. The Hall–Kier alpha value is -6.70. The predicted octanol–water partition coefficient (Wildman–Crippen LogP) is 14.8. The lowest BCUT2D eigenvalue weighted by atomic mass is 9.82. The summed E-state index contributed by atoms with van der Waals surface area (Å²) in [6.07, 6.45) is 0. The van der Waals surface area contributed by atoms with Gasteiger partial charge >= 0.3 is 0 Å². The zero-order valence-corrected chi connectivity index (χ0v) is 30.5. The molecule has 1 heteroatoms. The van der Waals surface area contributed by atoms with Gasteiger partial charge < -0.3 is 4.90 Å². The first-order valence-electron chi connectivity index (χ1n) is 18.8. The van der Waals surface area contributed by atoms with Crippen molar-refractivity contribution in [2.75, 3.05) is 4.90 Å². The van der Waals surface area contributed by atoms with Gasteiger partial charge in [-0.25, -0.2) is 0 Å². The topological polar surface area (TPSA) is 3.24 Å². The van der Waals surface area contributed by atoms with Crippen LogP contribution in [0.4, 0.5) is 17.1 Å². The van der Waals surface area contributed by atoms with Crippen molar-refractivity contribution < 1.29 is 0 Å². The van der Waals surface area contributed by atoms with E-state index in [0.717, 1.165) is 17.1 Å². The minimum atomic E-state index is -0.0483. The first kappa shape index (κ1) is 32.0. The molecule has 1 nitrogen and oxygen atoms in total. The summed E-state index contributed by atoms with van der Waals surface area (Å²) >= 11 is 0. The molecule has 0 fully saturated rings. The van der Waals surface area contributed by atoms with E-state index in [1.807, 2.05) is 0 Å². The van der Waals surface area contributed by atoms with Gasteiger partial charge in [-0.3, -0.25) is 0 Å². The van der Waals surface area contributed by atoms with Crippen LogP contribution in [0.15, 0.2) is 200 Å². The fourth-order valence-corrected chi connectivity index (χ4v) is 8.77. The smallest absolute Gasteiger partial charge is 0.0468 e. The second-order valence-corrected chi connectivity index (χ2v) is 14.9.